The first-order chi connectivity index (χ1) is 34.9. The van der Waals surface area contributed by atoms with Gasteiger partial charge in [0.2, 0.25) is 5.78 Å². The summed E-state index contributed by atoms with van der Waals surface area (Å²) in [6.45, 7) is 4.53. The Kier molecular flexibility index (Phi) is 35.1. The van der Waals surface area contributed by atoms with E-state index in [1.807, 2.05) is 0 Å². The Morgan fingerprint density at radius 1 is 0.622 bits per heavy atom. The smallest absolute Gasteiger partial charge is 0.550 e. The van der Waals surface area contributed by atoms with Crippen molar-refractivity contribution in [1.82, 2.24) is 4.90 Å². The largest absolute Gasteiger partial charge is 2.00 e. The molecule has 3 aliphatic rings. The van der Waals surface area contributed by atoms with Crippen LogP contribution in [0.2, 0.25) is 0 Å². The molecule has 0 heterocycles. The van der Waals surface area contributed by atoms with Crippen molar-refractivity contribution >= 4 is 58.2 Å². The van der Waals surface area contributed by atoms with Crippen molar-refractivity contribution in [3.8, 4) is 5.75 Å². The number of likely N-dealkylation sites (N-methyl/N-ethyl adjacent to an activating group) is 1. The number of carboxylic acid groups (broad SMARTS) is 2. The van der Waals surface area contributed by atoms with Crippen LogP contribution in [0.1, 0.15) is 242 Å². The second-order valence-electron chi connectivity index (χ2n) is 21.5. The number of rotatable bonds is 35. The fourth-order valence-corrected chi connectivity index (χ4v) is 10.9. The van der Waals surface area contributed by atoms with Crippen molar-refractivity contribution in [2.24, 2.45) is 17.6 Å². The Labute approximate surface area is 461 Å². The number of nitrogens with zero attached hydrogens (tertiary/aromatic N) is 2. The van der Waals surface area contributed by atoms with Gasteiger partial charge in [-0.15, -0.1) is 0 Å². The number of allylic oxidation sites excluding steroid dienone is 1. The number of hydrogen-bond donors (Lipinski definition) is 5. The number of aliphatic carboxylic acids is 2. The van der Waals surface area contributed by atoms with Gasteiger partial charge < -0.3 is 50.9 Å². The molecule has 3 aliphatic carbocycles. The molecule has 14 nitrogen and oxygen atoms in total. The van der Waals surface area contributed by atoms with Gasteiger partial charge in [-0.05, 0) is 76.2 Å². The molecule has 15 heteroatoms. The van der Waals surface area contributed by atoms with Crippen molar-refractivity contribution in [3.05, 3.63) is 45.9 Å². The number of hydrogen-bond acceptors (Lipinski definition) is 13. The van der Waals surface area contributed by atoms with Crippen LogP contribution in [0, 0.1) is 11.8 Å². The Hall–Kier alpha value is -3.66. The number of carboxylic acids is 2. The number of anilines is 1. The van der Waals surface area contributed by atoms with Crippen molar-refractivity contribution in [2.45, 2.75) is 244 Å². The molecule has 0 saturated carbocycles. The minimum absolute atomic E-state index is 0. The van der Waals surface area contributed by atoms with Gasteiger partial charge in [-0.2, -0.15) is 0 Å². The fraction of sp³-hybridized carbons (Fsp3) is 0.746. The first kappa shape index (κ1) is 68.4. The van der Waals surface area contributed by atoms with Crippen LogP contribution in [0.25, 0.3) is 0 Å². The number of nitrogens with two attached hydrogens (primary N) is 1. The van der Waals surface area contributed by atoms with E-state index < -0.39 is 70.0 Å². The number of phenolic OH excluding ortho intramolecular Hbond substituents is 1. The summed E-state index contributed by atoms with van der Waals surface area (Å²) in [5, 5.41) is 64.4. The number of aromatic hydroxyl groups is 1. The molecule has 1 aromatic rings. The van der Waals surface area contributed by atoms with E-state index in [0.717, 1.165) is 31.4 Å². The molecule has 0 spiro atoms. The van der Waals surface area contributed by atoms with Crippen LogP contribution < -0.4 is 20.8 Å². The summed E-state index contributed by atoms with van der Waals surface area (Å²) in [5.41, 5.74) is 3.02. The van der Waals surface area contributed by atoms with Crippen molar-refractivity contribution in [3.63, 3.8) is 0 Å². The van der Waals surface area contributed by atoms with Gasteiger partial charge in [-0.3, -0.25) is 19.3 Å². The number of amides is 1. The molecule has 0 saturated heterocycles. The van der Waals surface area contributed by atoms with Gasteiger partial charge in [-0.1, -0.05) is 194 Å². The summed E-state index contributed by atoms with van der Waals surface area (Å²) < 4.78 is 0. The van der Waals surface area contributed by atoms with E-state index in [9.17, 15) is 54.6 Å². The molecular formula is C59H97MgN3O11. The van der Waals surface area contributed by atoms with Crippen molar-refractivity contribution in [2.75, 3.05) is 33.1 Å². The number of unbranched alkanes of at least 4 members (excludes halogenated alkanes) is 28. The van der Waals surface area contributed by atoms with E-state index in [4.69, 9.17) is 5.73 Å². The van der Waals surface area contributed by atoms with E-state index in [0.29, 0.717) is 5.56 Å². The number of phenols is 1. The number of ketones is 2. The standard InChI is InChI=1S/C23H27N3O7.2C18H36O2.Mg/c1-25(2)12-5-6-13(27)15-10(12)7-9-8-11-17(26(3)4)19(29)16(22(24)32)21(31)23(11,33)20(30)14(9)18(15)28;2*1-2-3-4-5-6-7-8-9-10-11-12-13-14-15-16-17-18(19)20;/h5-6,9,11,17,27,29-30,33H,7-8H2,1-4H3,(H2,24,32);2*2-17H2,1H3,(H,19,20);/q;;;+2/p-2/t9-,11-,17-,23-;;;/m0.../s1. The molecule has 0 unspecified atom stereocenters. The fourth-order valence-electron chi connectivity index (χ4n) is 10.9. The molecule has 6 N–H and O–H groups in total. The minimum Gasteiger partial charge on any atom is -0.550 e. The van der Waals surface area contributed by atoms with Crippen LogP contribution in [0.4, 0.5) is 5.69 Å². The first-order valence-electron chi connectivity index (χ1n) is 28.4. The zero-order valence-electron chi connectivity index (χ0n) is 46.8. The molecule has 4 atom stereocenters. The maximum absolute atomic E-state index is 13.5. The SMILES string of the molecule is CCCCCCCCCCCCCCCCCC(=O)[O-].CCCCCCCCCCCCCCCCCC(=O)[O-].CN(C)c1ccc(O)c2c1C[C@H]1C[C@H]3[C@H](N(C)C)C(O)=C(C(N)=O)C(=O)[C@@]3(O)C(O)=C1C2=O.[Mg+2]. The van der Waals surface area contributed by atoms with Gasteiger partial charge in [0.25, 0.3) is 5.91 Å². The maximum atomic E-state index is 13.5. The Bertz CT molecular complexity index is 1870. The van der Waals surface area contributed by atoms with Gasteiger partial charge in [-0.25, -0.2) is 0 Å². The summed E-state index contributed by atoms with van der Waals surface area (Å²) in [4.78, 5) is 62.4. The number of carbonyl (C=O) groups is 5. The minimum atomic E-state index is -2.63. The van der Waals surface area contributed by atoms with E-state index in [1.165, 1.54) is 178 Å². The number of primary amides is 1. The van der Waals surface area contributed by atoms with Crippen molar-refractivity contribution < 1.29 is 54.6 Å². The zero-order chi connectivity index (χ0) is 54.3. The van der Waals surface area contributed by atoms with Crippen LogP contribution in [0.5, 0.6) is 5.75 Å². The van der Waals surface area contributed by atoms with Gasteiger partial charge >= 0.3 is 23.1 Å². The molecule has 0 fully saturated rings. The van der Waals surface area contributed by atoms with E-state index in [2.05, 4.69) is 13.8 Å². The third-order valence-electron chi connectivity index (χ3n) is 15.0. The van der Waals surface area contributed by atoms with Crippen LogP contribution in [-0.2, 0) is 25.6 Å². The molecule has 0 bridgehead atoms. The maximum Gasteiger partial charge on any atom is 2.00 e. The van der Waals surface area contributed by atoms with Gasteiger partial charge in [0, 0.05) is 43.2 Å². The molecule has 0 radical (unpaired) electrons. The van der Waals surface area contributed by atoms with Crippen molar-refractivity contribution in [1.29, 1.82) is 0 Å². The third-order valence-corrected chi connectivity index (χ3v) is 15.0. The van der Waals surface area contributed by atoms with Gasteiger partial charge in [0.1, 0.15) is 22.8 Å². The summed E-state index contributed by atoms with van der Waals surface area (Å²) in [6.07, 6.45) is 40.0. The molecule has 0 aromatic heterocycles. The second-order valence-corrected chi connectivity index (χ2v) is 21.5. The Balaban J connectivity index is 0.000000585. The zero-order valence-corrected chi connectivity index (χ0v) is 48.2. The van der Waals surface area contributed by atoms with Gasteiger partial charge in [0.05, 0.1) is 11.6 Å². The molecule has 416 valence electrons. The van der Waals surface area contributed by atoms with Crippen LogP contribution in [0.15, 0.2) is 34.8 Å². The topological polar surface area (TPSA) is 245 Å². The van der Waals surface area contributed by atoms with E-state index >= 15 is 0 Å². The van der Waals surface area contributed by atoms with E-state index in [1.54, 1.807) is 39.2 Å². The molecule has 1 aromatic carbocycles. The number of fused-ring (bicyclic) bond motifs is 3. The predicted molar refractivity (Wildman–Crippen MR) is 293 cm³/mol. The normalized spacial score (nSPS) is 18.8. The number of benzene rings is 1. The van der Waals surface area contributed by atoms with Crippen LogP contribution >= 0.6 is 0 Å². The molecule has 74 heavy (non-hydrogen) atoms. The number of aliphatic hydroxyl groups is 3. The number of aliphatic hydroxyl groups excluding tert-OH is 2. The van der Waals surface area contributed by atoms with Crippen LogP contribution in [0.3, 0.4) is 0 Å². The van der Waals surface area contributed by atoms with E-state index in [-0.39, 0.29) is 65.6 Å². The third kappa shape index (κ3) is 22.5. The molecular weight excluding hydrogens is 951 g/mol. The average Bonchev–Trinajstić information content (AvgIpc) is 3.32. The summed E-state index contributed by atoms with van der Waals surface area (Å²) in [7, 11) is 6.79. The quantitative estimate of drug-likeness (QED) is 0.0242. The monoisotopic (exact) mass is 1050 g/mol. The Morgan fingerprint density at radius 2 is 0.986 bits per heavy atom. The number of carbonyl (C=O) groups excluding carboxylic acids is 5. The van der Waals surface area contributed by atoms with Crippen LogP contribution in [-0.4, -0.2) is 118 Å². The summed E-state index contributed by atoms with van der Waals surface area (Å²) >= 11 is 0. The molecule has 4 rings (SSSR count). The Morgan fingerprint density at radius 3 is 1.31 bits per heavy atom. The predicted octanol–water partition coefficient (Wildman–Crippen LogP) is 9.80. The summed E-state index contributed by atoms with van der Waals surface area (Å²) in [5.74, 6) is -8.34. The first-order valence-corrected chi connectivity index (χ1v) is 28.4. The molecule has 0 aliphatic heterocycles. The second kappa shape index (κ2) is 38.0. The summed E-state index contributed by atoms with van der Waals surface area (Å²) in [6, 6.07) is 2.06. The average molecular weight is 1050 g/mol. The number of Topliss-reactive ketones (excluding diaryl/α,β-unsaturated/α-hetero) is 2. The molecule has 1 amide bonds. The van der Waals surface area contributed by atoms with Gasteiger partial charge in [0.15, 0.2) is 11.4 Å².